The summed E-state index contributed by atoms with van der Waals surface area (Å²) in [5.41, 5.74) is 5.91. The first-order valence-electron chi connectivity index (χ1n) is 8.69. The number of hydrogen-bond donors (Lipinski definition) is 0. The molecule has 0 unspecified atom stereocenters. The highest BCUT2D eigenvalue weighted by atomic mass is 16.1. The third-order valence-electron chi connectivity index (χ3n) is 4.71. The predicted octanol–water partition coefficient (Wildman–Crippen LogP) is 4.15. The van der Waals surface area contributed by atoms with Crippen LogP contribution < -0.4 is 0 Å². The van der Waals surface area contributed by atoms with Gasteiger partial charge in [0, 0.05) is 28.9 Å². The maximum atomic E-state index is 11.4. The normalized spacial score (nSPS) is 13.8. The fraction of sp³-hybridized carbons (Fsp3) is 0.143. The fourth-order valence-electron chi connectivity index (χ4n) is 3.19. The Morgan fingerprint density at radius 1 is 1.00 bits per heavy atom. The molecule has 3 aromatic heterocycles. The van der Waals surface area contributed by atoms with Crippen molar-refractivity contribution < 1.29 is 4.79 Å². The van der Waals surface area contributed by atoms with Gasteiger partial charge in [0.25, 0.3) is 0 Å². The van der Waals surface area contributed by atoms with E-state index in [-0.39, 0.29) is 0 Å². The van der Waals surface area contributed by atoms with Crippen LogP contribution in [-0.4, -0.2) is 25.9 Å². The summed E-state index contributed by atoms with van der Waals surface area (Å²) in [6, 6.07) is 15.7. The van der Waals surface area contributed by atoms with Crippen molar-refractivity contribution in [3.8, 4) is 22.5 Å². The highest BCUT2D eigenvalue weighted by Gasteiger charge is 2.26. The van der Waals surface area contributed by atoms with Crippen LogP contribution in [0.25, 0.3) is 28.2 Å². The number of aromatic nitrogens is 4. The lowest BCUT2D eigenvalue weighted by Crippen LogP contribution is -1.96. The molecule has 0 radical (unpaired) electrons. The number of benzene rings is 1. The van der Waals surface area contributed by atoms with Crippen LogP contribution in [0.15, 0.2) is 60.9 Å². The Balaban J connectivity index is 1.67. The van der Waals surface area contributed by atoms with Crippen molar-refractivity contribution in [2.75, 3.05) is 0 Å². The first-order valence-corrected chi connectivity index (χ1v) is 8.69. The zero-order valence-corrected chi connectivity index (χ0v) is 14.0. The quantitative estimate of drug-likeness (QED) is 0.524. The molecule has 5 nitrogen and oxygen atoms in total. The van der Waals surface area contributed by atoms with Gasteiger partial charge in [-0.25, -0.2) is 9.50 Å². The summed E-state index contributed by atoms with van der Waals surface area (Å²) in [6.07, 6.45) is 6.83. The number of rotatable bonds is 4. The molecule has 4 aromatic rings. The number of fused-ring (bicyclic) bond motifs is 1. The second kappa shape index (κ2) is 5.88. The SMILES string of the molecule is O=Cc1cc(-c2cnn3ccc(-c4ccccc4)nc23)nc(C2CC2)c1. The van der Waals surface area contributed by atoms with Gasteiger partial charge in [0.2, 0.25) is 0 Å². The summed E-state index contributed by atoms with van der Waals surface area (Å²) < 4.78 is 1.74. The standard InChI is InChI=1S/C21H16N4O/c26-13-14-10-19(16-6-7-16)23-20(11-14)17-12-22-25-9-8-18(24-21(17)25)15-4-2-1-3-5-15/h1-5,8-13,16H,6-7H2. The largest absolute Gasteiger partial charge is 0.298 e. The molecule has 0 bridgehead atoms. The van der Waals surface area contributed by atoms with Crippen LogP contribution in [-0.2, 0) is 0 Å². The molecule has 126 valence electrons. The van der Waals surface area contributed by atoms with Crippen molar-refractivity contribution in [3.63, 3.8) is 0 Å². The monoisotopic (exact) mass is 340 g/mol. The fourth-order valence-corrected chi connectivity index (χ4v) is 3.19. The van der Waals surface area contributed by atoms with Gasteiger partial charge < -0.3 is 0 Å². The molecule has 1 saturated carbocycles. The summed E-state index contributed by atoms with van der Waals surface area (Å²) in [5, 5.41) is 4.40. The van der Waals surface area contributed by atoms with Gasteiger partial charge in [-0.1, -0.05) is 30.3 Å². The average Bonchev–Trinajstić information content (AvgIpc) is 3.47. The summed E-state index contributed by atoms with van der Waals surface area (Å²) in [7, 11) is 0. The molecule has 0 N–H and O–H groups in total. The Kier molecular flexibility index (Phi) is 3.38. The van der Waals surface area contributed by atoms with Crippen LogP contribution in [0.1, 0.15) is 34.8 Å². The van der Waals surface area contributed by atoms with E-state index in [1.54, 1.807) is 10.7 Å². The molecular formula is C21H16N4O. The highest BCUT2D eigenvalue weighted by molar-refractivity contribution is 5.82. The number of carbonyl (C=O) groups excluding carboxylic acids is 1. The molecular weight excluding hydrogens is 324 g/mol. The van der Waals surface area contributed by atoms with Crippen LogP contribution in [0, 0.1) is 0 Å². The van der Waals surface area contributed by atoms with E-state index in [0.717, 1.165) is 53.0 Å². The molecule has 0 saturated heterocycles. The van der Waals surface area contributed by atoms with E-state index < -0.39 is 0 Å². The maximum Gasteiger partial charge on any atom is 0.164 e. The molecule has 1 fully saturated rings. The Bertz CT molecular complexity index is 1110. The zero-order valence-electron chi connectivity index (χ0n) is 14.0. The lowest BCUT2D eigenvalue weighted by Gasteiger charge is -2.06. The van der Waals surface area contributed by atoms with E-state index in [1.165, 1.54) is 0 Å². The predicted molar refractivity (Wildman–Crippen MR) is 99.0 cm³/mol. The van der Waals surface area contributed by atoms with Crippen molar-refractivity contribution in [3.05, 3.63) is 72.2 Å². The van der Waals surface area contributed by atoms with Crippen molar-refractivity contribution in [2.45, 2.75) is 18.8 Å². The molecule has 0 aliphatic heterocycles. The van der Waals surface area contributed by atoms with Crippen molar-refractivity contribution in [2.24, 2.45) is 0 Å². The second-order valence-corrected chi connectivity index (χ2v) is 6.61. The van der Waals surface area contributed by atoms with E-state index in [9.17, 15) is 4.79 Å². The minimum absolute atomic E-state index is 0.475. The van der Waals surface area contributed by atoms with Gasteiger partial charge in [0.05, 0.1) is 23.1 Å². The first kappa shape index (κ1) is 15.0. The minimum Gasteiger partial charge on any atom is -0.298 e. The molecule has 1 aliphatic rings. The zero-order chi connectivity index (χ0) is 17.5. The van der Waals surface area contributed by atoms with E-state index in [4.69, 9.17) is 9.97 Å². The van der Waals surface area contributed by atoms with E-state index in [1.807, 2.05) is 54.7 Å². The van der Waals surface area contributed by atoms with Crippen LogP contribution in [0.3, 0.4) is 0 Å². The highest BCUT2D eigenvalue weighted by Crippen LogP contribution is 2.40. The molecule has 3 heterocycles. The maximum absolute atomic E-state index is 11.4. The van der Waals surface area contributed by atoms with Crippen molar-refractivity contribution in [1.82, 2.24) is 19.6 Å². The van der Waals surface area contributed by atoms with Crippen LogP contribution in [0.5, 0.6) is 0 Å². The third kappa shape index (κ3) is 2.58. The molecule has 5 heteroatoms. The number of carbonyl (C=O) groups is 1. The van der Waals surface area contributed by atoms with Gasteiger partial charge in [-0.3, -0.25) is 9.78 Å². The van der Waals surface area contributed by atoms with Gasteiger partial charge in [-0.2, -0.15) is 5.10 Å². The minimum atomic E-state index is 0.475. The molecule has 0 atom stereocenters. The van der Waals surface area contributed by atoms with E-state index in [2.05, 4.69) is 5.10 Å². The lowest BCUT2D eigenvalue weighted by atomic mass is 10.1. The molecule has 0 amide bonds. The second-order valence-electron chi connectivity index (χ2n) is 6.61. The lowest BCUT2D eigenvalue weighted by molar-refractivity contribution is 0.112. The summed E-state index contributed by atoms with van der Waals surface area (Å²) in [6.45, 7) is 0. The van der Waals surface area contributed by atoms with Crippen LogP contribution in [0.4, 0.5) is 0 Å². The van der Waals surface area contributed by atoms with E-state index in [0.29, 0.717) is 11.5 Å². The molecule has 5 rings (SSSR count). The third-order valence-corrected chi connectivity index (χ3v) is 4.71. The van der Waals surface area contributed by atoms with Gasteiger partial charge in [-0.05, 0) is 31.0 Å². The van der Waals surface area contributed by atoms with Gasteiger partial charge in [0.1, 0.15) is 6.29 Å². The number of pyridine rings is 1. The number of hydrogen-bond acceptors (Lipinski definition) is 4. The van der Waals surface area contributed by atoms with E-state index >= 15 is 0 Å². The molecule has 1 aliphatic carbocycles. The van der Waals surface area contributed by atoms with Crippen molar-refractivity contribution in [1.29, 1.82) is 0 Å². The first-order chi connectivity index (χ1) is 12.8. The number of nitrogens with zero attached hydrogens (tertiary/aromatic N) is 4. The molecule has 26 heavy (non-hydrogen) atoms. The topological polar surface area (TPSA) is 60.2 Å². The smallest absolute Gasteiger partial charge is 0.164 e. The Morgan fingerprint density at radius 3 is 2.62 bits per heavy atom. The molecule has 1 aromatic carbocycles. The van der Waals surface area contributed by atoms with Crippen LogP contribution >= 0.6 is 0 Å². The Hall–Kier alpha value is -3.34. The van der Waals surface area contributed by atoms with Gasteiger partial charge in [-0.15, -0.1) is 0 Å². The summed E-state index contributed by atoms with van der Waals surface area (Å²) >= 11 is 0. The van der Waals surface area contributed by atoms with Gasteiger partial charge >= 0.3 is 0 Å². The number of aldehydes is 1. The van der Waals surface area contributed by atoms with Gasteiger partial charge in [0.15, 0.2) is 5.65 Å². The Labute approximate surface area is 150 Å². The van der Waals surface area contributed by atoms with Crippen LogP contribution in [0.2, 0.25) is 0 Å². The van der Waals surface area contributed by atoms with Crippen molar-refractivity contribution >= 4 is 11.9 Å². The average molecular weight is 340 g/mol. The summed E-state index contributed by atoms with van der Waals surface area (Å²) in [5.74, 6) is 0.475. The Morgan fingerprint density at radius 2 is 1.85 bits per heavy atom. The molecule has 0 spiro atoms. The summed E-state index contributed by atoms with van der Waals surface area (Å²) in [4.78, 5) is 20.9.